The number of anilines is 2. The summed E-state index contributed by atoms with van der Waals surface area (Å²) in [5.41, 5.74) is 0.691. The van der Waals surface area contributed by atoms with Crippen LogP contribution in [-0.4, -0.2) is 22.0 Å². The second kappa shape index (κ2) is 8.00. The highest BCUT2D eigenvalue weighted by molar-refractivity contribution is 9.10. The molecule has 2 rings (SSSR count). The van der Waals surface area contributed by atoms with Crippen molar-refractivity contribution in [2.45, 2.75) is 26.2 Å². The van der Waals surface area contributed by atoms with Crippen LogP contribution in [0.5, 0.6) is 0 Å². The number of carbonyl (C=O) groups excluding carboxylic acids is 2. The fraction of sp³-hybridized carbons (Fsp3) is 0.286. The highest BCUT2D eigenvalue weighted by atomic mass is 79.9. The lowest BCUT2D eigenvalue weighted by atomic mass is 10.2. The fourth-order valence-electron chi connectivity index (χ4n) is 1.65. The van der Waals surface area contributed by atoms with Crippen LogP contribution in [0.4, 0.5) is 10.8 Å². The van der Waals surface area contributed by atoms with Crippen LogP contribution in [0.2, 0.25) is 0 Å². The number of nitrogens with one attached hydrogen (secondary N) is 2. The van der Waals surface area contributed by atoms with Gasteiger partial charge in [-0.1, -0.05) is 40.3 Å². The average Bonchev–Trinajstić information content (AvgIpc) is 2.93. The molecule has 0 spiro atoms. The number of nitrogens with zero attached hydrogens (tertiary/aromatic N) is 2. The Morgan fingerprint density at radius 1 is 1.18 bits per heavy atom. The largest absolute Gasteiger partial charge is 0.326 e. The van der Waals surface area contributed by atoms with Crippen LogP contribution in [0.3, 0.4) is 0 Å². The van der Waals surface area contributed by atoms with E-state index in [2.05, 4.69) is 36.8 Å². The van der Waals surface area contributed by atoms with E-state index in [4.69, 9.17) is 0 Å². The number of aromatic nitrogens is 2. The Morgan fingerprint density at radius 2 is 1.91 bits per heavy atom. The van der Waals surface area contributed by atoms with E-state index in [-0.39, 0.29) is 24.7 Å². The number of carbonyl (C=O) groups is 2. The van der Waals surface area contributed by atoms with Crippen molar-refractivity contribution in [3.8, 4) is 0 Å². The van der Waals surface area contributed by atoms with Crippen molar-refractivity contribution >= 4 is 49.9 Å². The van der Waals surface area contributed by atoms with Crippen molar-refractivity contribution in [2.24, 2.45) is 0 Å². The van der Waals surface area contributed by atoms with Crippen LogP contribution in [0.1, 0.15) is 24.8 Å². The van der Waals surface area contributed by atoms with E-state index in [1.54, 1.807) is 12.1 Å². The molecule has 2 aromatic rings. The van der Waals surface area contributed by atoms with Gasteiger partial charge in [0, 0.05) is 23.0 Å². The molecule has 2 amide bonds. The zero-order chi connectivity index (χ0) is 15.9. The summed E-state index contributed by atoms with van der Waals surface area (Å²) in [5, 5.41) is 14.5. The molecule has 0 saturated heterocycles. The third kappa shape index (κ3) is 5.19. The minimum Gasteiger partial charge on any atom is -0.326 e. The van der Waals surface area contributed by atoms with Crippen molar-refractivity contribution in [1.82, 2.24) is 10.2 Å². The predicted octanol–water partition coefficient (Wildman–Crippen LogP) is 3.22. The van der Waals surface area contributed by atoms with E-state index < -0.39 is 0 Å². The zero-order valence-electron chi connectivity index (χ0n) is 11.9. The molecule has 0 aliphatic heterocycles. The van der Waals surface area contributed by atoms with E-state index in [0.29, 0.717) is 10.8 Å². The molecule has 0 radical (unpaired) electrons. The number of aryl methyl sites for hydroxylation is 1. The van der Waals surface area contributed by atoms with Crippen molar-refractivity contribution in [2.75, 3.05) is 10.6 Å². The molecule has 116 valence electrons. The number of rotatable bonds is 6. The summed E-state index contributed by atoms with van der Waals surface area (Å²) in [6, 6.07) is 7.28. The molecule has 0 fully saturated rings. The van der Waals surface area contributed by atoms with Crippen LogP contribution in [0.25, 0.3) is 0 Å². The maximum atomic E-state index is 11.8. The Kier molecular flexibility index (Phi) is 6.02. The molecule has 6 nitrogen and oxygen atoms in total. The average molecular weight is 383 g/mol. The zero-order valence-corrected chi connectivity index (χ0v) is 14.3. The molecule has 0 bridgehead atoms. The molecular formula is C14H15BrN4O2S. The van der Waals surface area contributed by atoms with Gasteiger partial charge in [-0.05, 0) is 24.6 Å². The summed E-state index contributed by atoms with van der Waals surface area (Å²) < 4.78 is 0.881. The quantitative estimate of drug-likeness (QED) is 0.802. The van der Waals surface area contributed by atoms with Crippen molar-refractivity contribution in [1.29, 1.82) is 0 Å². The maximum Gasteiger partial charge on any atom is 0.226 e. The molecule has 0 saturated carbocycles. The molecule has 22 heavy (non-hydrogen) atoms. The van der Waals surface area contributed by atoms with Gasteiger partial charge >= 0.3 is 0 Å². The van der Waals surface area contributed by atoms with Crippen LogP contribution in [-0.2, 0) is 16.0 Å². The van der Waals surface area contributed by atoms with Gasteiger partial charge in [-0.2, -0.15) is 0 Å². The van der Waals surface area contributed by atoms with E-state index >= 15 is 0 Å². The van der Waals surface area contributed by atoms with E-state index in [1.165, 1.54) is 11.3 Å². The van der Waals surface area contributed by atoms with Crippen LogP contribution < -0.4 is 10.6 Å². The first-order valence-electron chi connectivity index (χ1n) is 6.74. The molecule has 0 atom stereocenters. The number of hydrogen-bond donors (Lipinski definition) is 2. The standard InChI is InChI=1S/C14H15BrN4O2S/c1-2-13-18-19-14(22-13)17-12(21)7-6-11(20)16-10-5-3-4-9(15)8-10/h3-5,8H,2,6-7H2,1H3,(H,16,20)(H,17,19,21). The highest BCUT2D eigenvalue weighted by Gasteiger charge is 2.10. The second-order valence-electron chi connectivity index (χ2n) is 4.46. The van der Waals surface area contributed by atoms with Gasteiger partial charge in [-0.25, -0.2) is 0 Å². The van der Waals surface area contributed by atoms with E-state index in [9.17, 15) is 9.59 Å². The molecule has 0 unspecified atom stereocenters. The summed E-state index contributed by atoms with van der Waals surface area (Å²) in [6.07, 6.45) is 0.987. The van der Waals surface area contributed by atoms with Gasteiger partial charge < -0.3 is 10.6 Å². The Balaban J connectivity index is 1.77. The van der Waals surface area contributed by atoms with Crippen LogP contribution in [0.15, 0.2) is 28.7 Å². The van der Waals surface area contributed by atoms with Gasteiger partial charge in [0.05, 0.1) is 0 Å². The van der Waals surface area contributed by atoms with Gasteiger partial charge in [0.1, 0.15) is 5.01 Å². The highest BCUT2D eigenvalue weighted by Crippen LogP contribution is 2.17. The molecule has 1 aromatic carbocycles. The molecule has 0 aliphatic carbocycles. The normalized spacial score (nSPS) is 10.3. The smallest absolute Gasteiger partial charge is 0.226 e. The minimum absolute atomic E-state index is 0.0981. The topological polar surface area (TPSA) is 84.0 Å². The Bertz CT molecular complexity index is 674. The molecule has 2 N–H and O–H groups in total. The molecule has 0 aliphatic rings. The SMILES string of the molecule is CCc1nnc(NC(=O)CCC(=O)Nc2cccc(Br)c2)s1. The predicted molar refractivity (Wildman–Crippen MR) is 89.9 cm³/mol. The molecule has 1 aromatic heterocycles. The summed E-state index contributed by atoms with van der Waals surface area (Å²) >= 11 is 4.67. The summed E-state index contributed by atoms with van der Waals surface area (Å²) in [6.45, 7) is 1.97. The van der Waals surface area contributed by atoms with Gasteiger partial charge in [0.2, 0.25) is 16.9 Å². The number of amides is 2. The summed E-state index contributed by atoms with van der Waals surface area (Å²) in [7, 11) is 0. The molecule has 8 heteroatoms. The lowest BCUT2D eigenvalue weighted by molar-refractivity contribution is -0.121. The van der Waals surface area contributed by atoms with Crippen LogP contribution in [0, 0.1) is 0 Å². The first-order valence-corrected chi connectivity index (χ1v) is 8.35. The van der Waals surface area contributed by atoms with Crippen molar-refractivity contribution < 1.29 is 9.59 Å². The number of hydrogen-bond acceptors (Lipinski definition) is 5. The van der Waals surface area contributed by atoms with E-state index in [1.807, 2.05) is 19.1 Å². The lowest BCUT2D eigenvalue weighted by Crippen LogP contribution is -2.17. The monoisotopic (exact) mass is 382 g/mol. The Hall–Kier alpha value is -1.80. The summed E-state index contributed by atoms with van der Waals surface area (Å²) in [4.78, 5) is 23.6. The lowest BCUT2D eigenvalue weighted by Gasteiger charge is -2.05. The van der Waals surface area contributed by atoms with Crippen molar-refractivity contribution in [3.05, 3.63) is 33.7 Å². The number of benzene rings is 1. The van der Waals surface area contributed by atoms with Gasteiger partial charge in [0.25, 0.3) is 0 Å². The first kappa shape index (κ1) is 16.6. The molecular weight excluding hydrogens is 368 g/mol. The first-order chi connectivity index (χ1) is 10.6. The molecule has 1 heterocycles. The van der Waals surface area contributed by atoms with Crippen LogP contribution >= 0.6 is 27.3 Å². The summed E-state index contributed by atoms with van der Waals surface area (Å²) in [5.74, 6) is -0.456. The Morgan fingerprint density at radius 3 is 2.55 bits per heavy atom. The number of halogens is 1. The minimum atomic E-state index is -0.247. The second-order valence-corrected chi connectivity index (χ2v) is 6.44. The van der Waals surface area contributed by atoms with Gasteiger partial charge in [0.15, 0.2) is 0 Å². The third-order valence-electron chi connectivity index (χ3n) is 2.70. The van der Waals surface area contributed by atoms with E-state index in [0.717, 1.165) is 15.9 Å². The van der Waals surface area contributed by atoms with Gasteiger partial charge in [-0.15, -0.1) is 10.2 Å². The Labute approximate surface area is 140 Å². The van der Waals surface area contributed by atoms with Crippen molar-refractivity contribution in [3.63, 3.8) is 0 Å². The fourth-order valence-corrected chi connectivity index (χ4v) is 2.74. The van der Waals surface area contributed by atoms with Gasteiger partial charge in [-0.3, -0.25) is 9.59 Å². The maximum absolute atomic E-state index is 11.8. The third-order valence-corrected chi connectivity index (χ3v) is 4.18.